The van der Waals surface area contributed by atoms with E-state index in [1.165, 1.54) is 29.0 Å². The molecule has 0 aliphatic heterocycles. The minimum absolute atomic E-state index is 0.456. The van der Waals surface area contributed by atoms with Crippen LogP contribution in [-0.4, -0.2) is 4.98 Å². The minimum atomic E-state index is -0.456. The highest BCUT2D eigenvalue weighted by Gasteiger charge is 1.99. The molecule has 0 aliphatic rings. The first-order valence-corrected chi connectivity index (χ1v) is 5.57. The molecular formula is C14H15FN2. The van der Waals surface area contributed by atoms with Crippen molar-refractivity contribution in [3.8, 4) is 0 Å². The molecule has 0 unspecified atom stereocenters. The van der Waals surface area contributed by atoms with Gasteiger partial charge in [0.1, 0.15) is 0 Å². The van der Waals surface area contributed by atoms with E-state index in [1.54, 1.807) is 6.07 Å². The van der Waals surface area contributed by atoms with E-state index in [0.717, 1.165) is 12.2 Å². The van der Waals surface area contributed by atoms with Crippen LogP contribution in [0.4, 0.5) is 10.1 Å². The Morgan fingerprint density at radius 1 is 1.18 bits per heavy atom. The average molecular weight is 230 g/mol. The molecule has 0 spiro atoms. The SMILES string of the molecule is Cc1ccc(C)c(CNc2ccc(F)nc2)c1. The lowest BCUT2D eigenvalue weighted by Gasteiger charge is -2.09. The van der Waals surface area contributed by atoms with E-state index < -0.39 is 5.95 Å². The number of pyridine rings is 1. The summed E-state index contributed by atoms with van der Waals surface area (Å²) in [5.41, 5.74) is 4.56. The third-order valence-corrected chi connectivity index (χ3v) is 2.71. The number of anilines is 1. The zero-order valence-corrected chi connectivity index (χ0v) is 10.00. The smallest absolute Gasteiger partial charge is 0.212 e. The number of nitrogens with zero attached hydrogens (tertiary/aromatic N) is 1. The quantitative estimate of drug-likeness (QED) is 0.817. The molecule has 1 aromatic heterocycles. The fraction of sp³-hybridized carbons (Fsp3) is 0.214. The summed E-state index contributed by atoms with van der Waals surface area (Å²) in [5, 5.41) is 3.23. The van der Waals surface area contributed by atoms with Crippen LogP contribution in [0, 0.1) is 19.8 Å². The molecular weight excluding hydrogens is 215 g/mol. The molecule has 0 bridgehead atoms. The molecule has 3 heteroatoms. The number of rotatable bonds is 3. The first-order valence-electron chi connectivity index (χ1n) is 5.57. The van der Waals surface area contributed by atoms with Crippen LogP contribution in [0.2, 0.25) is 0 Å². The molecule has 0 atom stereocenters. The highest BCUT2D eigenvalue weighted by atomic mass is 19.1. The van der Waals surface area contributed by atoms with Crippen LogP contribution in [0.15, 0.2) is 36.5 Å². The fourth-order valence-electron chi connectivity index (χ4n) is 1.67. The van der Waals surface area contributed by atoms with Gasteiger partial charge in [-0.25, -0.2) is 4.98 Å². The fourth-order valence-corrected chi connectivity index (χ4v) is 1.67. The zero-order valence-electron chi connectivity index (χ0n) is 10.00. The first-order chi connectivity index (χ1) is 8.15. The molecule has 88 valence electrons. The molecule has 1 N–H and O–H groups in total. The molecule has 0 saturated heterocycles. The number of hydrogen-bond donors (Lipinski definition) is 1. The Labute approximate surface area is 101 Å². The normalized spacial score (nSPS) is 10.3. The molecule has 0 amide bonds. The van der Waals surface area contributed by atoms with Crippen molar-refractivity contribution in [2.45, 2.75) is 20.4 Å². The van der Waals surface area contributed by atoms with Crippen LogP contribution in [0.25, 0.3) is 0 Å². The largest absolute Gasteiger partial charge is 0.380 e. The van der Waals surface area contributed by atoms with Crippen LogP contribution in [0.1, 0.15) is 16.7 Å². The molecule has 0 aliphatic carbocycles. The van der Waals surface area contributed by atoms with Gasteiger partial charge in [0, 0.05) is 6.54 Å². The second-order valence-corrected chi connectivity index (χ2v) is 4.15. The maximum absolute atomic E-state index is 12.6. The van der Waals surface area contributed by atoms with Crippen LogP contribution in [0.3, 0.4) is 0 Å². The average Bonchev–Trinajstić information content (AvgIpc) is 2.32. The molecule has 17 heavy (non-hydrogen) atoms. The molecule has 2 aromatic rings. The first kappa shape index (κ1) is 11.6. The summed E-state index contributed by atoms with van der Waals surface area (Å²) in [6.45, 7) is 4.88. The summed E-state index contributed by atoms with van der Waals surface area (Å²) >= 11 is 0. The number of aromatic nitrogens is 1. The summed E-state index contributed by atoms with van der Waals surface area (Å²) < 4.78 is 12.6. The second-order valence-electron chi connectivity index (χ2n) is 4.15. The van der Waals surface area contributed by atoms with Crippen molar-refractivity contribution in [1.29, 1.82) is 0 Å². The Morgan fingerprint density at radius 2 is 2.00 bits per heavy atom. The third-order valence-electron chi connectivity index (χ3n) is 2.71. The van der Waals surface area contributed by atoms with Gasteiger partial charge in [-0.2, -0.15) is 4.39 Å². The highest BCUT2D eigenvalue weighted by Crippen LogP contribution is 2.13. The van der Waals surface area contributed by atoms with E-state index in [-0.39, 0.29) is 0 Å². The lowest BCUT2D eigenvalue weighted by Crippen LogP contribution is -2.02. The lowest BCUT2D eigenvalue weighted by atomic mass is 10.1. The monoisotopic (exact) mass is 230 g/mol. The molecule has 1 heterocycles. The van der Waals surface area contributed by atoms with Crippen LogP contribution < -0.4 is 5.32 Å². The third kappa shape index (κ3) is 3.03. The van der Waals surface area contributed by atoms with E-state index >= 15 is 0 Å². The lowest BCUT2D eigenvalue weighted by molar-refractivity contribution is 0.584. The Bertz CT molecular complexity index is 506. The molecule has 0 radical (unpaired) electrons. The van der Waals surface area contributed by atoms with Gasteiger partial charge in [-0.05, 0) is 37.1 Å². The van der Waals surface area contributed by atoms with Crippen molar-refractivity contribution in [3.05, 3.63) is 59.2 Å². The van der Waals surface area contributed by atoms with Crippen molar-refractivity contribution >= 4 is 5.69 Å². The molecule has 0 fully saturated rings. The zero-order chi connectivity index (χ0) is 12.3. The Hall–Kier alpha value is -1.90. The van der Waals surface area contributed by atoms with E-state index in [4.69, 9.17) is 0 Å². The number of halogens is 1. The summed E-state index contributed by atoms with van der Waals surface area (Å²) in [4.78, 5) is 3.60. The Balaban J connectivity index is 2.07. The topological polar surface area (TPSA) is 24.9 Å². The van der Waals surface area contributed by atoms with E-state index in [2.05, 4.69) is 42.3 Å². The molecule has 2 nitrogen and oxygen atoms in total. The van der Waals surface area contributed by atoms with E-state index in [1.807, 2.05) is 0 Å². The second kappa shape index (κ2) is 4.95. The number of aryl methyl sites for hydroxylation is 2. The van der Waals surface area contributed by atoms with Gasteiger partial charge in [0.2, 0.25) is 5.95 Å². The van der Waals surface area contributed by atoms with Gasteiger partial charge < -0.3 is 5.32 Å². The van der Waals surface area contributed by atoms with Gasteiger partial charge in [0.05, 0.1) is 11.9 Å². The van der Waals surface area contributed by atoms with Gasteiger partial charge in [-0.1, -0.05) is 23.8 Å². The number of benzene rings is 1. The van der Waals surface area contributed by atoms with Crippen LogP contribution in [0.5, 0.6) is 0 Å². The highest BCUT2D eigenvalue weighted by molar-refractivity contribution is 5.42. The number of hydrogen-bond acceptors (Lipinski definition) is 2. The molecule has 2 rings (SSSR count). The maximum atomic E-state index is 12.6. The van der Waals surface area contributed by atoms with Gasteiger partial charge in [0.15, 0.2) is 0 Å². The van der Waals surface area contributed by atoms with Crippen LogP contribution >= 0.6 is 0 Å². The van der Waals surface area contributed by atoms with Gasteiger partial charge >= 0.3 is 0 Å². The van der Waals surface area contributed by atoms with E-state index in [0.29, 0.717) is 0 Å². The van der Waals surface area contributed by atoms with Crippen LogP contribution in [-0.2, 0) is 6.54 Å². The summed E-state index contributed by atoms with van der Waals surface area (Å²) in [5.74, 6) is -0.456. The molecule has 0 saturated carbocycles. The summed E-state index contributed by atoms with van der Waals surface area (Å²) in [6, 6.07) is 9.39. The standard InChI is InChI=1S/C14H15FN2/c1-10-3-4-11(2)12(7-10)8-16-13-5-6-14(15)17-9-13/h3-7,9,16H,8H2,1-2H3. The van der Waals surface area contributed by atoms with Crippen molar-refractivity contribution in [2.75, 3.05) is 5.32 Å². The number of nitrogens with one attached hydrogen (secondary N) is 1. The van der Waals surface area contributed by atoms with Crippen molar-refractivity contribution in [2.24, 2.45) is 0 Å². The summed E-state index contributed by atoms with van der Waals surface area (Å²) in [6.07, 6.45) is 1.50. The van der Waals surface area contributed by atoms with Gasteiger partial charge in [-0.15, -0.1) is 0 Å². The van der Waals surface area contributed by atoms with Gasteiger partial charge in [0.25, 0.3) is 0 Å². The van der Waals surface area contributed by atoms with E-state index in [9.17, 15) is 4.39 Å². The van der Waals surface area contributed by atoms with Crippen molar-refractivity contribution < 1.29 is 4.39 Å². The Morgan fingerprint density at radius 3 is 2.71 bits per heavy atom. The predicted molar refractivity (Wildman–Crippen MR) is 67.4 cm³/mol. The van der Waals surface area contributed by atoms with Crippen molar-refractivity contribution in [1.82, 2.24) is 4.98 Å². The van der Waals surface area contributed by atoms with Gasteiger partial charge in [-0.3, -0.25) is 0 Å². The summed E-state index contributed by atoms with van der Waals surface area (Å²) in [7, 11) is 0. The van der Waals surface area contributed by atoms with Crippen molar-refractivity contribution in [3.63, 3.8) is 0 Å². The minimum Gasteiger partial charge on any atom is -0.380 e. The Kier molecular flexibility index (Phi) is 3.38. The molecule has 1 aromatic carbocycles. The predicted octanol–water partition coefficient (Wildman–Crippen LogP) is 3.45. The maximum Gasteiger partial charge on any atom is 0.212 e.